The Kier molecular flexibility index (Phi) is 2.62. The molecular formula is C16H20N2O. The van der Waals surface area contributed by atoms with E-state index in [-0.39, 0.29) is 5.91 Å². The van der Waals surface area contributed by atoms with Crippen molar-refractivity contribution >= 4 is 5.91 Å². The van der Waals surface area contributed by atoms with Crippen LogP contribution in [0.25, 0.3) is 0 Å². The van der Waals surface area contributed by atoms with Crippen LogP contribution < -0.4 is 5.32 Å². The summed E-state index contributed by atoms with van der Waals surface area (Å²) in [4.78, 5) is 14.9. The molecule has 1 amide bonds. The van der Waals surface area contributed by atoms with Crippen molar-refractivity contribution in [1.82, 2.24) is 10.2 Å². The van der Waals surface area contributed by atoms with E-state index in [0.29, 0.717) is 17.9 Å². The van der Waals surface area contributed by atoms with Crippen LogP contribution in [0, 0.1) is 17.8 Å². The number of carbonyl (C=O) groups excluding carboxylic acids is 1. The SMILES string of the molecule is O=C(NC1C2CC3CC1CN(C3)C2)c1ccccc1. The van der Waals surface area contributed by atoms with E-state index in [1.165, 1.54) is 32.5 Å². The molecule has 0 spiro atoms. The molecule has 1 aromatic carbocycles. The van der Waals surface area contributed by atoms with Gasteiger partial charge in [-0.15, -0.1) is 0 Å². The monoisotopic (exact) mass is 256 g/mol. The molecular weight excluding hydrogens is 236 g/mol. The van der Waals surface area contributed by atoms with E-state index in [2.05, 4.69) is 10.2 Å². The van der Waals surface area contributed by atoms with Gasteiger partial charge in [0.25, 0.3) is 5.91 Å². The van der Waals surface area contributed by atoms with Gasteiger partial charge in [-0.05, 0) is 42.7 Å². The first-order valence-corrected chi connectivity index (χ1v) is 7.38. The minimum atomic E-state index is 0.105. The number of rotatable bonds is 2. The smallest absolute Gasteiger partial charge is 0.251 e. The van der Waals surface area contributed by atoms with Crippen molar-refractivity contribution in [3.63, 3.8) is 0 Å². The zero-order valence-corrected chi connectivity index (χ0v) is 11.1. The summed E-state index contributed by atoms with van der Waals surface area (Å²) in [6.45, 7) is 3.67. The Morgan fingerprint density at radius 2 is 1.74 bits per heavy atom. The fourth-order valence-corrected chi connectivity index (χ4v) is 4.47. The minimum absolute atomic E-state index is 0.105. The van der Waals surface area contributed by atoms with Gasteiger partial charge in [-0.25, -0.2) is 0 Å². The predicted octanol–water partition coefficient (Wildman–Crippen LogP) is 1.76. The molecule has 4 aliphatic rings. The Balaban J connectivity index is 1.50. The number of piperidine rings is 3. The number of hydrogen-bond acceptors (Lipinski definition) is 2. The van der Waals surface area contributed by atoms with Gasteiger partial charge in [-0.1, -0.05) is 18.2 Å². The van der Waals surface area contributed by atoms with E-state index in [1.54, 1.807) is 0 Å². The molecule has 3 heteroatoms. The maximum atomic E-state index is 12.3. The normalized spacial score (nSPS) is 39.3. The Hall–Kier alpha value is -1.35. The number of amides is 1. The van der Waals surface area contributed by atoms with Gasteiger partial charge in [0, 0.05) is 31.2 Å². The fourth-order valence-electron chi connectivity index (χ4n) is 4.47. The first-order valence-electron chi connectivity index (χ1n) is 7.38. The minimum Gasteiger partial charge on any atom is -0.349 e. The number of carbonyl (C=O) groups is 1. The van der Waals surface area contributed by atoms with Gasteiger partial charge in [-0.3, -0.25) is 4.79 Å². The number of nitrogens with one attached hydrogen (secondary N) is 1. The zero-order valence-electron chi connectivity index (χ0n) is 11.1. The highest BCUT2D eigenvalue weighted by Gasteiger charge is 2.47. The highest BCUT2D eigenvalue weighted by Crippen LogP contribution is 2.43. The van der Waals surface area contributed by atoms with Gasteiger partial charge in [-0.2, -0.15) is 0 Å². The van der Waals surface area contributed by atoms with Crippen molar-refractivity contribution in [3.8, 4) is 0 Å². The van der Waals surface area contributed by atoms with Crippen molar-refractivity contribution < 1.29 is 4.79 Å². The van der Waals surface area contributed by atoms with E-state index < -0.39 is 0 Å². The zero-order chi connectivity index (χ0) is 12.8. The number of nitrogens with zero attached hydrogens (tertiary/aromatic N) is 1. The van der Waals surface area contributed by atoms with E-state index in [4.69, 9.17) is 0 Å². The second-order valence-electron chi connectivity index (χ2n) is 6.44. The molecule has 3 aliphatic heterocycles. The summed E-state index contributed by atoms with van der Waals surface area (Å²) in [5.74, 6) is 2.35. The van der Waals surface area contributed by atoms with Crippen LogP contribution in [0.15, 0.2) is 30.3 Å². The van der Waals surface area contributed by atoms with E-state index >= 15 is 0 Å². The Morgan fingerprint density at radius 3 is 2.37 bits per heavy atom. The topological polar surface area (TPSA) is 32.3 Å². The molecule has 1 aromatic rings. The summed E-state index contributed by atoms with van der Waals surface area (Å²) in [7, 11) is 0. The Morgan fingerprint density at radius 1 is 1.05 bits per heavy atom. The van der Waals surface area contributed by atoms with Crippen LogP contribution in [0.1, 0.15) is 23.2 Å². The summed E-state index contributed by atoms with van der Waals surface area (Å²) in [6, 6.07) is 10.0. The van der Waals surface area contributed by atoms with Gasteiger partial charge in [0.15, 0.2) is 0 Å². The molecule has 1 saturated carbocycles. The molecule has 4 fully saturated rings. The van der Waals surface area contributed by atoms with Gasteiger partial charge in [0.05, 0.1) is 0 Å². The average molecular weight is 256 g/mol. The summed E-state index contributed by atoms with van der Waals surface area (Å²) in [6.07, 6.45) is 2.62. The van der Waals surface area contributed by atoms with Crippen LogP contribution in [-0.2, 0) is 0 Å². The molecule has 4 bridgehead atoms. The van der Waals surface area contributed by atoms with Crippen molar-refractivity contribution in [2.24, 2.45) is 17.8 Å². The standard InChI is InChI=1S/C16H20N2O/c19-16(12-4-2-1-3-5-12)17-15-13-6-11-7-14(15)10-18(8-11)9-13/h1-5,11,13-15H,6-10H2,(H,17,19). The van der Waals surface area contributed by atoms with Gasteiger partial charge in [0.2, 0.25) is 0 Å². The van der Waals surface area contributed by atoms with Gasteiger partial charge in [0.1, 0.15) is 0 Å². The molecule has 0 aromatic heterocycles. The second-order valence-corrected chi connectivity index (χ2v) is 6.44. The third kappa shape index (κ3) is 1.96. The quantitative estimate of drug-likeness (QED) is 0.874. The molecule has 3 heterocycles. The maximum Gasteiger partial charge on any atom is 0.251 e. The lowest BCUT2D eigenvalue weighted by Gasteiger charge is -2.55. The second kappa shape index (κ2) is 4.34. The van der Waals surface area contributed by atoms with Crippen LogP contribution in [0.4, 0.5) is 0 Å². The predicted molar refractivity (Wildman–Crippen MR) is 73.8 cm³/mol. The van der Waals surface area contributed by atoms with Crippen molar-refractivity contribution in [1.29, 1.82) is 0 Å². The van der Waals surface area contributed by atoms with Crippen molar-refractivity contribution in [2.45, 2.75) is 18.9 Å². The fraction of sp³-hybridized carbons (Fsp3) is 0.562. The maximum absolute atomic E-state index is 12.3. The highest BCUT2D eigenvalue weighted by molar-refractivity contribution is 5.94. The summed E-state index contributed by atoms with van der Waals surface area (Å²) in [5, 5.41) is 3.31. The lowest BCUT2D eigenvalue weighted by Crippen LogP contribution is -2.64. The number of benzene rings is 1. The lowest BCUT2D eigenvalue weighted by atomic mass is 9.65. The summed E-state index contributed by atoms with van der Waals surface area (Å²) < 4.78 is 0. The van der Waals surface area contributed by atoms with Gasteiger partial charge >= 0.3 is 0 Å². The molecule has 1 aliphatic carbocycles. The third-order valence-corrected chi connectivity index (χ3v) is 5.12. The molecule has 3 saturated heterocycles. The molecule has 5 rings (SSSR count). The van der Waals surface area contributed by atoms with E-state index in [9.17, 15) is 4.79 Å². The molecule has 3 nitrogen and oxygen atoms in total. The van der Waals surface area contributed by atoms with E-state index in [1.807, 2.05) is 30.3 Å². The van der Waals surface area contributed by atoms with Crippen LogP contribution in [0.2, 0.25) is 0 Å². The Bertz CT molecular complexity index is 457. The van der Waals surface area contributed by atoms with Crippen LogP contribution >= 0.6 is 0 Å². The van der Waals surface area contributed by atoms with Crippen molar-refractivity contribution in [2.75, 3.05) is 19.6 Å². The third-order valence-electron chi connectivity index (χ3n) is 5.12. The Labute approximate surface area is 114 Å². The highest BCUT2D eigenvalue weighted by atomic mass is 16.1. The molecule has 0 radical (unpaired) electrons. The van der Waals surface area contributed by atoms with E-state index in [0.717, 1.165) is 11.5 Å². The van der Waals surface area contributed by atoms with Crippen LogP contribution in [0.5, 0.6) is 0 Å². The molecule has 2 atom stereocenters. The van der Waals surface area contributed by atoms with Crippen LogP contribution in [0.3, 0.4) is 0 Å². The first kappa shape index (κ1) is 11.5. The molecule has 100 valence electrons. The van der Waals surface area contributed by atoms with Gasteiger partial charge < -0.3 is 10.2 Å². The summed E-state index contributed by atoms with van der Waals surface area (Å²) >= 11 is 0. The first-order chi connectivity index (χ1) is 9.29. The molecule has 19 heavy (non-hydrogen) atoms. The largest absolute Gasteiger partial charge is 0.349 e. The van der Waals surface area contributed by atoms with Crippen molar-refractivity contribution in [3.05, 3.63) is 35.9 Å². The van der Waals surface area contributed by atoms with Crippen LogP contribution in [-0.4, -0.2) is 36.5 Å². The summed E-state index contributed by atoms with van der Waals surface area (Å²) in [5.41, 5.74) is 0.789. The molecule has 1 N–H and O–H groups in total. The molecule has 2 unspecified atom stereocenters. The number of hydrogen-bond donors (Lipinski definition) is 1. The average Bonchev–Trinajstić information content (AvgIpc) is 2.43. The lowest BCUT2D eigenvalue weighted by molar-refractivity contribution is -0.0418.